The standard InChI is InChI=1S/C13H20N2O2.ClH/c1-10(15-13(16)11(2)14)8-17-9-12-6-4-3-5-7-12;/h3-7,10-11H,8-9,14H2,1-2H3,(H,15,16);1H/t10?,11-;/m0./s1. The van der Waals surface area contributed by atoms with Crippen molar-refractivity contribution in [1.82, 2.24) is 5.32 Å². The highest BCUT2D eigenvalue weighted by Crippen LogP contribution is 2.00. The van der Waals surface area contributed by atoms with Crippen molar-refractivity contribution in [2.45, 2.75) is 32.5 Å². The van der Waals surface area contributed by atoms with Crippen LogP contribution in [0.25, 0.3) is 0 Å². The predicted octanol–water partition coefficient (Wildman–Crippen LogP) is 1.48. The zero-order chi connectivity index (χ0) is 12.7. The number of ether oxygens (including phenoxy) is 1. The number of carbonyl (C=O) groups is 1. The molecule has 0 saturated carbocycles. The van der Waals surface area contributed by atoms with Gasteiger partial charge in [-0.3, -0.25) is 4.79 Å². The van der Waals surface area contributed by atoms with Crippen molar-refractivity contribution in [1.29, 1.82) is 0 Å². The van der Waals surface area contributed by atoms with Gasteiger partial charge in [-0.25, -0.2) is 0 Å². The minimum Gasteiger partial charge on any atom is -0.375 e. The molecule has 1 aromatic carbocycles. The van der Waals surface area contributed by atoms with Crippen LogP contribution in [-0.2, 0) is 16.1 Å². The molecule has 0 bridgehead atoms. The zero-order valence-electron chi connectivity index (χ0n) is 10.8. The van der Waals surface area contributed by atoms with Gasteiger partial charge in [0.1, 0.15) is 0 Å². The number of amides is 1. The van der Waals surface area contributed by atoms with Crippen molar-refractivity contribution >= 4 is 18.3 Å². The summed E-state index contributed by atoms with van der Waals surface area (Å²) in [6.07, 6.45) is 0. The van der Waals surface area contributed by atoms with E-state index in [2.05, 4.69) is 5.32 Å². The van der Waals surface area contributed by atoms with E-state index in [-0.39, 0.29) is 24.4 Å². The van der Waals surface area contributed by atoms with Crippen LogP contribution in [0.5, 0.6) is 0 Å². The number of nitrogens with one attached hydrogen (secondary N) is 1. The minimum absolute atomic E-state index is 0. The second kappa shape index (κ2) is 8.91. The van der Waals surface area contributed by atoms with E-state index in [1.54, 1.807) is 6.92 Å². The van der Waals surface area contributed by atoms with Gasteiger partial charge in [-0.15, -0.1) is 12.4 Å². The molecule has 1 aromatic rings. The largest absolute Gasteiger partial charge is 0.375 e. The Morgan fingerprint density at radius 3 is 2.50 bits per heavy atom. The number of rotatable bonds is 6. The molecule has 4 nitrogen and oxygen atoms in total. The molecule has 0 fully saturated rings. The Morgan fingerprint density at radius 2 is 1.94 bits per heavy atom. The van der Waals surface area contributed by atoms with Gasteiger partial charge in [0.25, 0.3) is 0 Å². The van der Waals surface area contributed by atoms with Crippen LogP contribution in [0.15, 0.2) is 30.3 Å². The molecule has 0 heterocycles. The van der Waals surface area contributed by atoms with E-state index in [1.165, 1.54) is 0 Å². The van der Waals surface area contributed by atoms with Crippen molar-refractivity contribution in [3.05, 3.63) is 35.9 Å². The molecule has 0 spiro atoms. The summed E-state index contributed by atoms with van der Waals surface area (Å²) in [5.74, 6) is -0.152. The van der Waals surface area contributed by atoms with Crippen LogP contribution in [0.4, 0.5) is 0 Å². The maximum Gasteiger partial charge on any atom is 0.236 e. The summed E-state index contributed by atoms with van der Waals surface area (Å²) in [7, 11) is 0. The molecule has 1 rings (SSSR count). The Bertz CT molecular complexity index is 344. The number of hydrogen-bond acceptors (Lipinski definition) is 3. The molecule has 1 amide bonds. The lowest BCUT2D eigenvalue weighted by atomic mass is 10.2. The molecule has 0 radical (unpaired) electrons. The molecule has 0 aliphatic rings. The highest BCUT2D eigenvalue weighted by atomic mass is 35.5. The average Bonchev–Trinajstić information content (AvgIpc) is 2.30. The molecule has 3 N–H and O–H groups in total. The topological polar surface area (TPSA) is 64.3 Å². The summed E-state index contributed by atoms with van der Waals surface area (Å²) in [5.41, 5.74) is 6.57. The lowest BCUT2D eigenvalue weighted by Crippen LogP contribution is -2.44. The number of halogens is 1. The van der Waals surface area contributed by atoms with Gasteiger partial charge in [-0.05, 0) is 19.4 Å². The molecular weight excluding hydrogens is 252 g/mol. The highest BCUT2D eigenvalue weighted by Gasteiger charge is 2.10. The monoisotopic (exact) mass is 272 g/mol. The Labute approximate surface area is 114 Å². The van der Waals surface area contributed by atoms with E-state index in [0.717, 1.165) is 5.56 Å². The summed E-state index contributed by atoms with van der Waals surface area (Å²) in [6.45, 7) is 4.59. The smallest absolute Gasteiger partial charge is 0.236 e. The van der Waals surface area contributed by atoms with Gasteiger partial charge in [-0.2, -0.15) is 0 Å². The van der Waals surface area contributed by atoms with Crippen LogP contribution in [-0.4, -0.2) is 24.6 Å². The first-order valence-corrected chi connectivity index (χ1v) is 5.77. The van der Waals surface area contributed by atoms with Gasteiger partial charge in [0.15, 0.2) is 0 Å². The van der Waals surface area contributed by atoms with Gasteiger partial charge in [0.2, 0.25) is 5.91 Å². The Hall–Kier alpha value is -1.10. The van der Waals surface area contributed by atoms with Crippen molar-refractivity contribution in [2.75, 3.05) is 6.61 Å². The fraction of sp³-hybridized carbons (Fsp3) is 0.462. The van der Waals surface area contributed by atoms with Crippen molar-refractivity contribution in [3.8, 4) is 0 Å². The van der Waals surface area contributed by atoms with E-state index < -0.39 is 6.04 Å². The molecule has 102 valence electrons. The van der Waals surface area contributed by atoms with Crippen molar-refractivity contribution in [2.24, 2.45) is 5.73 Å². The first-order valence-electron chi connectivity index (χ1n) is 5.77. The second-order valence-electron chi connectivity index (χ2n) is 4.20. The normalized spacial score (nSPS) is 13.3. The third-order valence-corrected chi connectivity index (χ3v) is 2.28. The molecule has 1 unspecified atom stereocenters. The zero-order valence-corrected chi connectivity index (χ0v) is 11.6. The maximum absolute atomic E-state index is 11.3. The molecule has 0 aliphatic carbocycles. The second-order valence-corrected chi connectivity index (χ2v) is 4.20. The number of benzene rings is 1. The number of nitrogens with two attached hydrogens (primary N) is 1. The van der Waals surface area contributed by atoms with Gasteiger partial charge >= 0.3 is 0 Å². The minimum atomic E-state index is -0.480. The maximum atomic E-state index is 11.3. The quantitative estimate of drug-likeness (QED) is 0.824. The van der Waals surface area contributed by atoms with Crippen molar-refractivity contribution in [3.63, 3.8) is 0 Å². The fourth-order valence-electron chi connectivity index (χ4n) is 1.34. The highest BCUT2D eigenvalue weighted by molar-refractivity contribution is 5.85. The van der Waals surface area contributed by atoms with Gasteiger partial charge < -0.3 is 15.8 Å². The van der Waals surface area contributed by atoms with Gasteiger partial charge in [-0.1, -0.05) is 30.3 Å². The van der Waals surface area contributed by atoms with E-state index in [1.807, 2.05) is 37.3 Å². The van der Waals surface area contributed by atoms with E-state index in [4.69, 9.17) is 10.5 Å². The molecular formula is C13H21ClN2O2. The van der Waals surface area contributed by atoms with E-state index in [9.17, 15) is 4.79 Å². The van der Waals surface area contributed by atoms with E-state index in [0.29, 0.717) is 13.2 Å². The average molecular weight is 273 g/mol. The summed E-state index contributed by atoms with van der Waals surface area (Å²) in [4.78, 5) is 11.3. The molecule has 2 atom stereocenters. The lowest BCUT2D eigenvalue weighted by Gasteiger charge is -2.15. The van der Waals surface area contributed by atoms with E-state index >= 15 is 0 Å². The predicted molar refractivity (Wildman–Crippen MR) is 74.6 cm³/mol. The fourth-order valence-corrected chi connectivity index (χ4v) is 1.34. The van der Waals surface area contributed by atoms with Crippen LogP contribution in [0.3, 0.4) is 0 Å². The number of hydrogen-bond donors (Lipinski definition) is 2. The molecule has 0 aliphatic heterocycles. The van der Waals surface area contributed by atoms with Crippen LogP contribution in [0, 0.1) is 0 Å². The molecule has 0 aromatic heterocycles. The third-order valence-electron chi connectivity index (χ3n) is 2.28. The summed E-state index contributed by atoms with van der Waals surface area (Å²) in [5, 5.41) is 2.78. The Morgan fingerprint density at radius 1 is 1.33 bits per heavy atom. The Kier molecular flexibility index (Phi) is 8.37. The first kappa shape index (κ1) is 16.9. The third kappa shape index (κ3) is 6.59. The summed E-state index contributed by atoms with van der Waals surface area (Å²) < 4.78 is 5.51. The number of carbonyl (C=O) groups excluding carboxylic acids is 1. The molecule has 5 heteroatoms. The first-order chi connectivity index (χ1) is 8.09. The van der Waals surface area contributed by atoms with Gasteiger partial charge in [0.05, 0.1) is 19.3 Å². The SMILES string of the molecule is CC(COCc1ccccc1)NC(=O)[C@H](C)N.Cl. The van der Waals surface area contributed by atoms with Gasteiger partial charge in [0, 0.05) is 6.04 Å². The molecule has 18 heavy (non-hydrogen) atoms. The van der Waals surface area contributed by atoms with Crippen LogP contribution in [0.1, 0.15) is 19.4 Å². The van der Waals surface area contributed by atoms with Crippen molar-refractivity contribution < 1.29 is 9.53 Å². The summed E-state index contributed by atoms with van der Waals surface area (Å²) in [6, 6.07) is 9.41. The summed E-state index contributed by atoms with van der Waals surface area (Å²) >= 11 is 0. The van der Waals surface area contributed by atoms with Crippen LogP contribution >= 0.6 is 12.4 Å². The van der Waals surface area contributed by atoms with Crippen LogP contribution < -0.4 is 11.1 Å². The van der Waals surface area contributed by atoms with Crippen LogP contribution in [0.2, 0.25) is 0 Å². The Balaban J connectivity index is 0.00000289. The molecule has 0 saturated heterocycles. The lowest BCUT2D eigenvalue weighted by molar-refractivity contribution is -0.123.